The van der Waals surface area contributed by atoms with Gasteiger partial charge in [-0.1, -0.05) is 42.5 Å². The van der Waals surface area contributed by atoms with Gasteiger partial charge in [0.1, 0.15) is 11.4 Å². The molecule has 1 N–H and O–H groups in total. The molecule has 0 amide bonds. The van der Waals surface area contributed by atoms with Gasteiger partial charge in [-0.3, -0.25) is 0 Å². The average Bonchev–Trinajstić information content (AvgIpc) is 3.28. The van der Waals surface area contributed by atoms with E-state index < -0.39 is 17.2 Å². The zero-order chi connectivity index (χ0) is 26.5. The van der Waals surface area contributed by atoms with Crippen LogP contribution in [-0.2, 0) is 36.9 Å². The van der Waals surface area contributed by atoms with Crippen LogP contribution in [0.3, 0.4) is 0 Å². The Morgan fingerprint density at radius 3 is 2.39 bits per heavy atom. The summed E-state index contributed by atoms with van der Waals surface area (Å²) in [4.78, 5) is 0. The molecule has 3 heterocycles. The van der Waals surface area contributed by atoms with E-state index in [1.54, 1.807) is 7.11 Å². The van der Waals surface area contributed by atoms with E-state index in [2.05, 4.69) is 12.1 Å². The molecule has 0 unspecified atom stereocenters. The molecule has 0 bridgehead atoms. The summed E-state index contributed by atoms with van der Waals surface area (Å²) in [7, 11) is 1.66. The summed E-state index contributed by atoms with van der Waals surface area (Å²) in [5.41, 5.74) is 1.18. The van der Waals surface area contributed by atoms with E-state index >= 15 is 0 Å². The van der Waals surface area contributed by atoms with Gasteiger partial charge in [-0.2, -0.15) is 0 Å². The smallest absolute Gasteiger partial charge is 0.200 e. The van der Waals surface area contributed by atoms with E-state index in [9.17, 15) is 5.11 Å². The molecule has 7 nitrogen and oxygen atoms in total. The van der Waals surface area contributed by atoms with Crippen LogP contribution in [0, 0.1) is 0 Å². The predicted molar refractivity (Wildman–Crippen MR) is 143 cm³/mol. The van der Waals surface area contributed by atoms with Crippen LogP contribution < -0.4 is 4.74 Å². The molecule has 208 valence electrons. The third-order valence-corrected chi connectivity index (χ3v) is 8.21. The van der Waals surface area contributed by atoms with Crippen molar-refractivity contribution in [2.75, 3.05) is 20.3 Å². The highest BCUT2D eigenvalue weighted by atomic mass is 16.8. The lowest BCUT2D eigenvalue weighted by Crippen LogP contribution is -2.60. The van der Waals surface area contributed by atoms with Crippen molar-refractivity contribution in [3.63, 3.8) is 0 Å². The van der Waals surface area contributed by atoms with Gasteiger partial charge < -0.3 is 33.5 Å². The van der Waals surface area contributed by atoms with E-state index in [0.29, 0.717) is 45.7 Å². The molecule has 5 rings (SSSR count). The topological polar surface area (TPSA) is 75.6 Å². The van der Waals surface area contributed by atoms with Crippen LogP contribution in [0.25, 0.3) is 0 Å². The quantitative estimate of drug-likeness (QED) is 0.409. The van der Waals surface area contributed by atoms with Crippen LogP contribution in [0.1, 0.15) is 69.4 Å². The van der Waals surface area contributed by atoms with Gasteiger partial charge in [0.05, 0.1) is 39.1 Å². The number of benzene rings is 2. The van der Waals surface area contributed by atoms with Crippen molar-refractivity contribution in [2.24, 2.45) is 0 Å². The molecule has 0 aliphatic carbocycles. The summed E-state index contributed by atoms with van der Waals surface area (Å²) < 4.78 is 36.8. The summed E-state index contributed by atoms with van der Waals surface area (Å²) in [5.74, 6) is -0.946. The van der Waals surface area contributed by atoms with Crippen molar-refractivity contribution in [3.8, 4) is 5.75 Å². The molecule has 7 heteroatoms. The molecule has 2 spiro atoms. The van der Waals surface area contributed by atoms with Gasteiger partial charge in [0, 0.05) is 25.9 Å². The first-order valence-corrected chi connectivity index (χ1v) is 14.0. The molecule has 0 radical (unpaired) electrons. The second-order valence-corrected chi connectivity index (χ2v) is 11.1. The van der Waals surface area contributed by atoms with Crippen molar-refractivity contribution in [3.05, 3.63) is 65.7 Å². The maximum atomic E-state index is 11.4. The summed E-state index contributed by atoms with van der Waals surface area (Å²) in [6.45, 7) is 4.06. The van der Waals surface area contributed by atoms with Crippen LogP contribution in [0.2, 0.25) is 0 Å². The van der Waals surface area contributed by atoms with E-state index in [1.807, 2.05) is 49.4 Å². The lowest BCUT2D eigenvalue weighted by molar-refractivity contribution is -0.402. The zero-order valence-corrected chi connectivity index (χ0v) is 22.7. The minimum absolute atomic E-state index is 0.0293. The average molecular weight is 527 g/mol. The van der Waals surface area contributed by atoms with E-state index in [4.69, 9.17) is 28.4 Å². The van der Waals surface area contributed by atoms with Crippen molar-refractivity contribution in [1.29, 1.82) is 0 Å². The number of aliphatic hydroxyl groups is 1. The Balaban J connectivity index is 1.12. The Labute approximate surface area is 226 Å². The molecule has 0 aromatic heterocycles. The van der Waals surface area contributed by atoms with E-state index in [0.717, 1.165) is 49.0 Å². The monoisotopic (exact) mass is 526 g/mol. The Morgan fingerprint density at radius 2 is 1.61 bits per heavy atom. The second kappa shape index (κ2) is 12.0. The lowest BCUT2D eigenvalue weighted by atomic mass is 9.83. The highest BCUT2D eigenvalue weighted by molar-refractivity contribution is 5.26. The highest BCUT2D eigenvalue weighted by Crippen LogP contribution is 2.53. The Morgan fingerprint density at radius 1 is 0.842 bits per heavy atom. The van der Waals surface area contributed by atoms with Crippen LogP contribution in [-0.4, -0.2) is 54.8 Å². The lowest BCUT2D eigenvalue weighted by Gasteiger charge is -2.50. The minimum Gasteiger partial charge on any atom is -0.497 e. The summed E-state index contributed by atoms with van der Waals surface area (Å²) in [5, 5.41) is 11.4. The fourth-order valence-corrected chi connectivity index (χ4v) is 5.92. The minimum atomic E-state index is -1.07. The highest BCUT2D eigenvalue weighted by Gasteiger charge is 2.63. The number of ether oxygens (including phenoxy) is 6. The van der Waals surface area contributed by atoms with Crippen molar-refractivity contribution >= 4 is 0 Å². The summed E-state index contributed by atoms with van der Waals surface area (Å²) in [6, 6.07) is 18.1. The fourth-order valence-electron chi connectivity index (χ4n) is 5.92. The molecule has 0 saturated carbocycles. The van der Waals surface area contributed by atoms with Crippen LogP contribution in [0.4, 0.5) is 0 Å². The molecule has 3 aliphatic heterocycles. The molecule has 3 aliphatic rings. The number of methoxy groups -OCH3 is 1. The van der Waals surface area contributed by atoms with Crippen LogP contribution in [0.5, 0.6) is 5.75 Å². The standard InChI is InChI=1S/C31H42O7/c1-29(32)17-14-27(15-20-34-21-25-10-12-26(33-2)13-11-25)37-31(29)19-18-30(38-31)16-6-9-28(36-30)23-35-22-24-7-4-3-5-8-24/h3-5,7-8,10-13,27-28,32H,6,9,14-23H2,1-2H3/t27-,28+,29+,30+,31+/m1/s1. The molecular weight excluding hydrogens is 484 g/mol. The maximum absolute atomic E-state index is 11.4. The SMILES string of the molecule is COc1ccc(COCC[C@H]2CC[C@](C)(O)[C@@]3(CC[C@]4(CCC[C@@H](COCc5ccccc5)O4)O3)O2)cc1. The maximum Gasteiger partial charge on any atom is 0.200 e. The number of hydrogen-bond acceptors (Lipinski definition) is 7. The van der Waals surface area contributed by atoms with Gasteiger partial charge in [-0.25, -0.2) is 0 Å². The summed E-state index contributed by atoms with van der Waals surface area (Å²) >= 11 is 0. The first-order chi connectivity index (χ1) is 18.4. The van der Waals surface area contributed by atoms with Crippen molar-refractivity contribution in [1.82, 2.24) is 0 Å². The molecule has 38 heavy (non-hydrogen) atoms. The van der Waals surface area contributed by atoms with Crippen LogP contribution >= 0.6 is 0 Å². The fraction of sp³-hybridized carbons (Fsp3) is 0.613. The molecule has 2 aromatic rings. The Hall–Kier alpha value is -2.00. The van der Waals surface area contributed by atoms with Crippen molar-refractivity contribution in [2.45, 2.75) is 101 Å². The van der Waals surface area contributed by atoms with Gasteiger partial charge in [-0.15, -0.1) is 0 Å². The number of rotatable bonds is 10. The second-order valence-electron chi connectivity index (χ2n) is 11.1. The zero-order valence-electron chi connectivity index (χ0n) is 22.7. The Kier molecular flexibility index (Phi) is 8.72. The third-order valence-electron chi connectivity index (χ3n) is 8.21. The third kappa shape index (κ3) is 6.41. The Bertz CT molecular complexity index is 1010. The number of hydrogen-bond donors (Lipinski definition) is 1. The molecule has 3 saturated heterocycles. The molecule has 2 aromatic carbocycles. The molecule has 3 fully saturated rings. The van der Waals surface area contributed by atoms with E-state index in [-0.39, 0.29) is 12.2 Å². The van der Waals surface area contributed by atoms with Crippen molar-refractivity contribution < 1.29 is 33.5 Å². The largest absolute Gasteiger partial charge is 0.497 e. The predicted octanol–water partition coefficient (Wildman–Crippen LogP) is 5.52. The summed E-state index contributed by atoms with van der Waals surface area (Å²) in [6.07, 6.45) is 6.15. The van der Waals surface area contributed by atoms with E-state index in [1.165, 1.54) is 0 Å². The van der Waals surface area contributed by atoms with Gasteiger partial charge in [0.25, 0.3) is 0 Å². The first kappa shape index (κ1) is 27.6. The van der Waals surface area contributed by atoms with Gasteiger partial charge in [0.15, 0.2) is 5.79 Å². The first-order valence-electron chi connectivity index (χ1n) is 14.0. The normalized spacial score (nSPS) is 33.1. The van der Waals surface area contributed by atoms with Gasteiger partial charge >= 0.3 is 0 Å². The van der Waals surface area contributed by atoms with Gasteiger partial charge in [-0.05, 0) is 62.3 Å². The van der Waals surface area contributed by atoms with Gasteiger partial charge in [0.2, 0.25) is 5.79 Å². The van der Waals surface area contributed by atoms with Crippen LogP contribution in [0.15, 0.2) is 54.6 Å². The molecular formula is C31H42O7. The molecule has 5 atom stereocenters.